The number of hydrogen-bond acceptors (Lipinski definition) is 5. The van der Waals surface area contributed by atoms with Crippen molar-refractivity contribution in [2.75, 3.05) is 5.75 Å². The van der Waals surface area contributed by atoms with Gasteiger partial charge in [-0.15, -0.1) is 10.2 Å². The number of aromatic nitrogens is 3. The lowest BCUT2D eigenvalue weighted by Crippen LogP contribution is -2.27. The molecule has 4 rings (SSSR count). The van der Waals surface area contributed by atoms with Crippen LogP contribution in [0.3, 0.4) is 0 Å². The molecule has 0 unspecified atom stereocenters. The van der Waals surface area contributed by atoms with Crippen LogP contribution in [-0.4, -0.2) is 32.9 Å². The van der Waals surface area contributed by atoms with Gasteiger partial charge in [0.1, 0.15) is 11.4 Å². The summed E-state index contributed by atoms with van der Waals surface area (Å²) in [5.41, 5.74) is 3.46. The Morgan fingerprint density at radius 3 is 2.15 bits per heavy atom. The Morgan fingerprint density at radius 1 is 0.923 bits per heavy atom. The number of nitrogens with one attached hydrogen (secondary N) is 1. The highest BCUT2D eigenvalue weighted by Crippen LogP contribution is 2.29. The van der Waals surface area contributed by atoms with Gasteiger partial charge in [-0.25, -0.2) is 4.98 Å². The summed E-state index contributed by atoms with van der Waals surface area (Å²) < 4.78 is 0. The minimum absolute atomic E-state index is 0.0227. The fourth-order valence-electron chi connectivity index (χ4n) is 2.59. The molecule has 1 heterocycles. The van der Waals surface area contributed by atoms with E-state index in [0.717, 1.165) is 35.4 Å². The zero-order valence-electron chi connectivity index (χ0n) is 14.1. The summed E-state index contributed by atoms with van der Waals surface area (Å²) in [7, 11) is 0. The van der Waals surface area contributed by atoms with Crippen LogP contribution in [0.4, 0.5) is 0 Å². The highest BCUT2D eigenvalue weighted by Gasteiger charge is 2.23. The van der Waals surface area contributed by atoms with Gasteiger partial charge < -0.3 is 5.32 Å². The summed E-state index contributed by atoms with van der Waals surface area (Å²) in [6.07, 6.45) is 2.16. The summed E-state index contributed by atoms with van der Waals surface area (Å²) in [5.74, 6) is 0.325. The fraction of sp³-hybridized carbons (Fsp3) is 0.200. The number of nitrogens with zero attached hydrogens (tertiary/aromatic N) is 3. The third kappa shape index (κ3) is 4.08. The molecule has 6 heteroatoms. The first kappa shape index (κ1) is 16.7. The Balaban J connectivity index is 1.62. The van der Waals surface area contributed by atoms with Crippen LogP contribution in [0, 0.1) is 0 Å². The predicted molar refractivity (Wildman–Crippen MR) is 103 cm³/mol. The molecule has 0 spiro atoms. The summed E-state index contributed by atoms with van der Waals surface area (Å²) >= 11 is 1.31. The molecule has 2 aromatic carbocycles. The van der Waals surface area contributed by atoms with E-state index in [0.29, 0.717) is 17.0 Å². The first-order chi connectivity index (χ1) is 12.8. The van der Waals surface area contributed by atoms with Crippen molar-refractivity contribution in [1.29, 1.82) is 0 Å². The average molecular weight is 362 g/mol. The number of rotatable bonds is 6. The first-order valence-corrected chi connectivity index (χ1v) is 9.56. The molecule has 26 heavy (non-hydrogen) atoms. The Labute approximate surface area is 156 Å². The molecule has 0 bridgehead atoms. The average Bonchev–Trinajstić information content (AvgIpc) is 3.51. The summed E-state index contributed by atoms with van der Waals surface area (Å²) in [6, 6.07) is 20.2. The number of hydrogen-bond donors (Lipinski definition) is 1. The zero-order chi connectivity index (χ0) is 17.8. The van der Waals surface area contributed by atoms with Gasteiger partial charge in [0.2, 0.25) is 11.1 Å². The molecule has 1 fully saturated rings. The van der Waals surface area contributed by atoms with Gasteiger partial charge in [0.15, 0.2) is 0 Å². The van der Waals surface area contributed by atoms with E-state index in [9.17, 15) is 4.79 Å². The minimum atomic E-state index is 0.0227. The molecule has 1 N–H and O–H groups in total. The molecule has 1 aliphatic rings. The summed E-state index contributed by atoms with van der Waals surface area (Å²) in [4.78, 5) is 16.6. The van der Waals surface area contributed by atoms with Gasteiger partial charge in [-0.1, -0.05) is 72.4 Å². The minimum Gasteiger partial charge on any atom is -0.353 e. The lowest BCUT2D eigenvalue weighted by atomic mass is 10.0. The number of benzene rings is 2. The van der Waals surface area contributed by atoms with E-state index in [4.69, 9.17) is 4.98 Å². The van der Waals surface area contributed by atoms with Crippen molar-refractivity contribution in [2.24, 2.45) is 0 Å². The van der Waals surface area contributed by atoms with Crippen LogP contribution in [0.15, 0.2) is 65.8 Å². The normalized spacial score (nSPS) is 13.4. The molecule has 3 aromatic rings. The van der Waals surface area contributed by atoms with Crippen LogP contribution >= 0.6 is 11.8 Å². The summed E-state index contributed by atoms with van der Waals surface area (Å²) in [6.45, 7) is 0. The largest absolute Gasteiger partial charge is 0.353 e. The van der Waals surface area contributed by atoms with E-state index in [1.807, 2.05) is 60.7 Å². The molecular weight excluding hydrogens is 344 g/mol. The maximum Gasteiger partial charge on any atom is 0.230 e. The second-order valence-corrected chi connectivity index (χ2v) is 7.10. The standard InChI is InChI=1S/C20H18N4OS/c25-17(21-16-11-12-16)13-26-20-22-18(14-7-3-1-4-8-14)19(23-24-20)15-9-5-2-6-10-15/h1-10,16H,11-13H2,(H,21,25). The van der Waals surface area contributed by atoms with Crippen molar-refractivity contribution < 1.29 is 4.79 Å². The molecule has 0 saturated heterocycles. The molecule has 1 aliphatic carbocycles. The maximum absolute atomic E-state index is 11.9. The number of carbonyl (C=O) groups is 1. The van der Waals surface area contributed by atoms with E-state index < -0.39 is 0 Å². The van der Waals surface area contributed by atoms with Crippen LogP contribution in [-0.2, 0) is 4.79 Å². The van der Waals surface area contributed by atoms with E-state index in [1.165, 1.54) is 11.8 Å². The number of thioether (sulfide) groups is 1. The number of amides is 1. The lowest BCUT2D eigenvalue weighted by Gasteiger charge is -2.09. The van der Waals surface area contributed by atoms with Crippen molar-refractivity contribution in [1.82, 2.24) is 20.5 Å². The third-order valence-electron chi connectivity index (χ3n) is 4.04. The molecule has 0 atom stereocenters. The Hall–Kier alpha value is -2.73. The van der Waals surface area contributed by atoms with Crippen molar-refractivity contribution in [3.05, 3.63) is 60.7 Å². The van der Waals surface area contributed by atoms with Gasteiger partial charge >= 0.3 is 0 Å². The zero-order valence-corrected chi connectivity index (χ0v) is 14.9. The maximum atomic E-state index is 11.9. The Bertz CT molecular complexity index is 898. The van der Waals surface area contributed by atoms with Crippen LogP contribution < -0.4 is 5.32 Å². The molecule has 0 aliphatic heterocycles. The van der Waals surface area contributed by atoms with Crippen LogP contribution in [0.2, 0.25) is 0 Å². The highest BCUT2D eigenvalue weighted by molar-refractivity contribution is 7.99. The van der Waals surface area contributed by atoms with Crippen LogP contribution in [0.25, 0.3) is 22.5 Å². The van der Waals surface area contributed by atoms with Gasteiger partial charge in [0.25, 0.3) is 0 Å². The van der Waals surface area contributed by atoms with Gasteiger partial charge in [0.05, 0.1) is 5.75 Å². The first-order valence-electron chi connectivity index (χ1n) is 8.57. The summed E-state index contributed by atoms with van der Waals surface area (Å²) in [5, 5.41) is 12.1. The smallest absolute Gasteiger partial charge is 0.230 e. The lowest BCUT2D eigenvalue weighted by molar-refractivity contribution is -0.118. The molecule has 1 aromatic heterocycles. The van der Waals surface area contributed by atoms with Gasteiger partial charge in [0, 0.05) is 17.2 Å². The Morgan fingerprint density at radius 2 is 1.54 bits per heavy atom. The highest BCUT2D eigenvalue weighted by atomic mass is 32.2. The molecule has 0 radical (unpaired) electrons. The van der Waals surface area contributed by atoms with Gasteiger partial charge in [-0.2, -0.15) is 0 Å². The number of carbonyl (C=O) groups excluding carboxylic acids is 1. The van der Waals surface area contributed by atoms with Crippen LogP contribution in [0.1, 0.15) is 12.8 Å². The van der Waals surface area contributed by atoms with Gasteiger partial charge in [-0.3, -0.25) is 4.79 Å². The molecule has 1 saturated carbocycles. The molecule has 5 nitrogen and oxygen atoms in total. The van der Waals surface area contributed by atoms with Crippen molar-refractivity contribution in [2.45, 2.75) is 24.0 Å². The van der Waals surface area contributed by atoms with Crippen LogP contribution in [0.5, 0.6) is 0 Å². The van der Waals surface area contributed by atoms with E-state index in [1.54, 1.807) is 0 Å². The SMILES string of the molecule is O=C(CSc1nnc(-c2ccccc2)c(-c2ccccc2)n1)NC1CC1. The van der Waals surface area contributed by atoms with E-state index in [2.05, 4.69) is 15.5 Å². The van der Waals surface area contributed by atoms with Crippen molar-refractivity contribution in [3.8, 4) is 22.5 Å². The van der Waals surface area contributed by atoms with Crippen molar-refractivity contribution in [3.63, 3.8) is 0 Å². The fourth-order valence-corrected chi connectivity index (χ4v) is 3.19. The topological polar surface area (TPSA) is 67.8 Å². The van der Waals surface area contributed by atoms with E-state index >= 15 is 0 Å². The Kier molecular flexibility index (Phi) is 4.93. The van der Waals surface area contributed by atoms with E-state index in [-0.39, 0.29) is 5.91 Å². The third-order valence-corrected chi connectivity index (χ3v) is 4.87. The molecule has 1 amide bonds. The molecule has 130 valence electrons. The van der Waals surface area contributed by atoms with Crippen molar-refractivity contribution >= 4 is 17.7 Å². The van der Waals surface area contributed by atoms with Gasteiger partial charge in [-0.05, 0) is 12.8 Å². The second kappa shape index (κ2) is 7.66. The molecular formula is C20H18N4OS. The second-order valence-electron chi connectivity index (χ2n) is 6.15. The monoisotopic (exact) mass is 362 g/mol. The predicted octanol–water partition coefficient (Wildman–Crippen LogP) is 3.58. The quantitative estimate of drug-likeness (QED) is 0.679.